The number of hydrogen-bond donors (Lipinski definition) is 1. The van der Waals surface area contributed by atoms with Crippen molar-refractivity contribution in [2.45, 2.75) is 45.8 Å². The Hall–Kier alpha value is -1.35. The average molecular weight is 258 g/mol. The van der Waals surface area contributed by atoms with Crippen LogP contribution in [0.3, 0.4) is 0 Å². The van der Waals surface area contributed by atoms with Gasteiger partial charge >= 0.3 is 0 Å². The first kappa shape index (κ1) is 12.7. The van der Waals surface area contributed by atoms with E-state index in [-0.39, 0.29) is 12.1 Å². The summed E-state index contributed by atoms with van der Waals surface area (Å²) in [5.74, 6) is 0.946. The monoisotopic (exact) mass is 258 g/mol. The zero-order valence-corrected chi connectivity index (χ0v) is 11.9. The van der Waals surface area contributed by atoms with E-state index in [1.807, 2.05) is 0 Å². The summed E-state index contributed by atoms with van der Waals surface area (Å²) in [6.07, 6.45) is 2.60. The van der Waals surface area contributed by atoms with Crippen molar-refractivity contribution in [3.63, 3.8) is 0 Å². The van der Waals surface area contributed by atoms with Crippen LogP contribution in [0.15, 0.2) is 18.2 Å². The van der Waals surface area contributed by atoms with Gasteiger partial charge in [-0.25, -0.2) is 0 Å². The molecule has 0 bridgehead atoms. The van der Waals surface area contributed by atoms with Crippen molar-refractivity contribution in [1.29, 1.82) is 0 Å². The van der Waals surface area contributed by atoms with Crippen LogP contribution in [0.25, 0.3) is 0 Å². The lowest BCUT2D eigenvalue weighted by molar-refractivity contribution is -0.130. The molecular weight excluding hydrogens is 236 g/mol. The Bertz CT molecular complexity index is 507. The van der Waals surface area contributed by atoms with Crippen LogP contribution in [0.1, 0.15) is 42.6 Å². The molecule has 0 aromatic heterocycles. The molecular formula is C16H22N2O. The minimum Gasteiger partial charge on any atom is -0.319 e. The maximum absolute atomic E-state index is 12.2. The summed E-state index contributed by atoms with van der Waals surface area (Å²) < 4.78 is 0. The normalized spacial score (nSPS) is 24.9. The van der Waals surface area contributed by atoms with Crippen LogP contribution in [-0.2, 0) is 4.79 Å². The molecule has 3 heteroatoms. The topological polar surface area (TPSA) is 32.3 Å². The summed E-state index contributed by atoms with van der Waals surface area (Å²) in [6, 6.07) is 6.84. The van der Waals surface area contributed by atoms with Gasteiger partial charge in [0.25, 0.3) is 0 Å². The van der Waals surface area contributed by atoms with Crippen LogP contribution < -0.4 is 5.32 Å². The summed E-state index contributed by atoms with van der Waals surface area (Å²) in [4.78, 5) is 14.2. The molecule has 1 aliphatic heterocycles. The van der Waals surface area contributed by atoms with Gasteiger partial charge in [0.2, 0.25) is 5.91 Å². The zero-order valence-electron chi connectivity index (χ0n) is 11.9. The predicted molar refractivity (Wildman–Crippen MR) is 75.7 cm³/mol. The molecule has 1 saturated heterocycles. The van der Waals surface area contributed by atoms with E-state index in [4.69, 9.17) is 0 Å². The Morgan fingerprint density at radius 1 is 1.32 bits per heavy atom. The first-order chi connectivity index (χ1) is 9.08. The molecule has 102 valence electrons. The SMILES string of the molecule is Cc1ccc(C2NCC(=O)N2C(C)C2CC2)c(C)c1. The van der Waals surface area contributed by atoms with Crippen molar-refractivity contribution >= 4 is 5.91 Å². The summed E-state index contributed by atoms with van der Waals surface area (Å²) in [5.41, 5.74) is 3.77. The quantitative estimate of drug-likeness (QED) is 0.903. The summed E-state index contributed by atoms with van der Waals surface area (Å²) in [7, 11) is 0. The molecule has 0 spiro atoms. The van der Waals surface area contributed by atoms with E-state index in [2.05, 4.69) is 49.2 Å². The molecule has 1 saturated carbocycles. The number of nitrogens with zero attached hydrogens (tertiary/aromatic N) is 1. The Balaban J connectivity index is 1.91. The molecule has 3 nitrogen and oxygen atoms in total. The van der Waals surface area contributed by atoms with E-state index < -0.39 is 0 Å². The van der Waals surface area contributed by atoms with Gasteiger partial charge in [0.15, 0.2) is 0 Å². The van der Waals surface area contributed by atoms with E-state index in [1.54, 1.807) is 0 Å². The molecule has 2 fully saturated rings. The Kier molecular flexibility index (Phi) is 3.09. The van der Waals surface area contributed by atoms with Gasteiger partial charge in [-0.2, -0.15) is 0 Å². The van der Waals surface area contributed by atoms with Crippen molar-refractivity contribution in [2.75, 3.05) is 6.54 Å². The summed E-state index contributed by atoms with van der Waals surface area (Å²) in [6.45, 7) is 6.90. The number of amides is 1. The van der Waals surface area contributed by atoms with Crippen LogP contribution in [-0.4, -0.2) is 23.4 Å². The number of carbonyl (C=O) groups is 1. The van der Waals surface area contributed by atoms with E-state index in [0.29, 0.717) is 18.5 Å². The lowest BCUT2D eigenvalue weighted by Crippen LogP contribution is -2.39. The van der Waals surface area contributed by atoms with Crippen molar-refractivity contribution < 1.29 is 4.79 Å². The van der Waals surface area contributed by atoms with Crippen LogP contribution in [0.5, 0.6) is 0 Å². The van der Waals surface area contributed by atoms with E-state index in [0.717, 1.165) is 0 Å². The van der Waals surface area contributed by atoms with Gasteiger partial charge in [-0.1, -0.05) is 23.8 Å². The second-order valence-electron chi connectivity index (χ2n) is 6.02. The highest BCUT2D eigenvalue weighted by atomic mass is 16.2. The van der Waals surface area contributed by atoms with Crippen LogP contribution >= 0.6 is 0 Å². The molecule has 2 unspecified atom stereocenters. The predicted octanol–water partition coefficient (Wildman–Crippen LogP) is 2.53. The molecule has 1 heterocycles. The molecule has 1 aliphatic carbocycles. The Labute approximate surface area is 115 Å². The fraction of sp³-hybridized carbons (Fsp3) is 0.562. The highest BCUT2D eigenvalue weighted by Gasteiger charge is 2.41. The second-order valence-corrected chi connectivity index (χ2v) is 6.02. The van der Waals surface area contributed by atoms with Gasteiger partial charge in [-0.15, -0.1) is 0 Å². The van der Waals surface area contributed by atoms with Gasteiger partial charge in [0, 0.05) is 6.04 Å². The molecule has 2 aliphatic rings. The molecule has 1 aromatic rings. The number of benzene rings is 1. The molecule has 0 radical (unpaired) electrons. The van der Waals surface area contributed by atoms with Crippen molar-refractivity contribution in [3.05, 3.63) is 34.9 Å². The fourth-order valence-electron chi connectivity index (χ4n) is 3.18. The summed E-state index contributed by atoms with van der Waals surface area (Å²) >= 11 is 0. The molecule has 3 rings (SSSR count). The lowest BCUT2D eigenvalue weighted by Gasteiger charge is -2.31. The average Bonchev–Trinajstić information content (AvgIpc) is 3.13. The van der Waals surface area contributed by atoms with Crippen molar-refractivity contribution in [3.8, 4) is 0 Å². The van der Waals surface area contributed by atoms with Crippen LogP contribution in [0.4, 0.5) is 0 Å². The molecule has 1 amide bonds. The van der Waals surface area contributed by atoms with Gasteiger partial charge in [0.1, 0.15) is 6.17 Å². The van der Waals surface area contributed by atoms with Gasteiger partial charge < -0.3 is 4.90 Å². The number of nitrogens with one attached hydrogen (secondary N) is 1. The molecule has 1 aromatic carbocycles. The van der Waals surface area contributed by atoms with Crippen LogP contribution in [0.2, 0.25) is 0 Å². The molecule has 19 heavy (non-hydrogen) atoms. The number of aryl methyl sites for hydroxylation is 2. The van der Waals surface area contributed by atoms with E-state index in [1.165, 1.54) is 29.5 Å². The smallest absolute Gasteiger partial charge is 0.238 e. The number of rotatable bonds is 3. The van der Waals surface area contributed by atoms with Crippen molar-refractivity contribution in [2.24, 2.45) is 5.92 Å². The lowest BCUT2D eigenvalue weighted by atomic mass is 10.0. The first-order valence-corrected chi connectivity index (χ1v) is 7.19. The molecule has 2 atom stereocenters. The maximum Gasteiger partial charge on any atom is 0.238 e. The Morgan fingerprint density at radius 2 is 2.05 bits per heavy atom. The van der Waals surface area contributed by atoms with E-state index >= 15 is 0 Å². The largest absolute Gasteiger partial charge is 0.319 e. The summed E-state index contributed by atoms with van der Waals surface area (Å²) in [5, 5.41) is 3.37. The second kappa shape index (κ2) is 4.64. The zero-order chi connectivity index (χ0) is 13.6. The Morgan fingerprint density at radius 3 is 2.68 bits per heavy atom. The minimum atomic E-state index is 0.0590. The molecule has 1 N–H and O–H groups in total. The standard InChI is InChI=1S/C16H22N2O/c1-10-4-7-14(11(2)8-10)16-17-9-15(19)18(16)12(3)13-5-6-13/h4,7-8,12-13,16-17H,5-6,9H2,1-3H3. The van der Waals surface area contributed by atoms with Gasteiger partial charge in [-0.3, -0.25) is 10.1 Å². The number of hydrogen-bond acceptors (Lipinski definition) is 2. The maximum atomic E-state index is 12.2. The highest BCUT2D eigenvalue weighted by molar-refractivity contribution is 5.81. The van der Waals surface area contributed by atoms with Crippen molar-refractivity contribution in [1.82, 2.24) is 10.2 Å². The third-order valence-corrected chi connectivity index (χ3v) is 4.48. The minimum absolute atomic E-state index is 0.0590. The van der Waals surface area contributed by atoms with Gasteiger partial charge in [0.05, 0.1) is 6.54 Å². The fourth-order valence-corrected chi connectivity index (χ4v) is 3.18. The third-order valence-electron chi connectivity index (χ3n) is 4.48. The van der Waals surface area contributed by atoms with Gasteiger partial charge in [-0.05, 0) is 50.7 Å². The first-order valence-electron chi connectivity index (χ1n) is 7.19. The van der Waals surface area contributed by atoms with E-state index in [9.17, 15) is 4.79 Å². The third kappa shape index (κ3) is 2.27. The highest BCUT2D eigenvalue weighted by Crippen LogP contribution is 2.39. The number of carbonyl (C=O) groups excluding carboxylic acids is 1. The van der Waals surface area contributed by atoms with Crippen LogP contribution in [0, 0.1) is 19.8 Å².